The Bertz CT molecular complexity index is 144. The van der Waals surface area contributed by atoms with E-state index in [0.717, 1.165) is 0 Å². The van der Waals surface area contributed by atoms with E-state index in [2.05, 4.69) is 31.5 Å². The Kier molecular flexibility index (Phi) is 6.36. The standard InChI is InChI=1S/C8H13N.CN/c1-2-3-6-9-7-4-5-8-9;1-2/h4-5,7-8H,2-3,6H2,1H3;/q;-1/p+1. The van der Waals surface area contributed by atoms with Crippen LogP contribution in [0, 0.1) is 11.8 Å². The van der Waals surface area contributed by atoms with E-state index in [4.69, 9.17) is 11.8 Å². The first kappa shape index (κ1) is 9.93. The van der Waals surface area contributed by atoms with Crippen molar-refractivity contribution in [3.05, 3.63) is 31.1 Å². The molecule has 0 atom stereocenters. The van der Waals surface area contributed by atoms with Crippen molar-refractivity contribution in [2.75, 3.05) is 6.54 Å². The monoisotopic (exact) mass is 150 g/mol. The second kappa shape index (κ2) is 7.04. The predicted molar refractivity (Wildman–Crippen MR) is 44.0 cm³/mol. The Morgan fingerprint density at radius 1 is 1.27 bits per heavy atom. The normalized spacial score (nSPS) is 14.5. The first-order chi connectivity index (χ1) is 5.43. The van der Waals surface area contributed by atoms with Gasteiger partial charge in [0.05, 0.1) is 18.9 Å². The molecule has 1 N–H and O–H groups in total. The average molecular weight is 150 g/mol. The highest BCUT2D eigenvalue weighted by molar-refractivity contribution is 5.00. The minimum Gasteiger partial charge on any atom is -0.512 e. The van der Waals surface area contributed by atoms with Crippen molar-refractivity contribution < 1.29 is 4.90 Å². The molecule has 0 aromatic carbocycles. The van der Waals surface area contributed by atoms with Crippen molar-refractivity contribution in [3.8, 4) is 0 Å². The SMILES string of the molecule is CCCC[NH+]1C=CC=C1.[C-]#N. The zero-order valence-electron chi connectivity index (χ0n) is 6.88. The van der Waals surface area contributed by atoms with Gasteiger partial charge in [0.2, 0.25) is 0 Å². The highest BCUT2D eigenvalue weighted by Crippen LogP contribution is 1.82. The Labute approximate surface area is 68.4 Å². The van der Waals surface area contributed by atoms with E-state index < -0.39 is 0 Å². The summed E-state index contributed by atoms with van der Waals surface area (Å²) in [5.41, 5.74) is 0. The molecule has 0 amide bonds. The Balaban J connectivity index is 0.000000461. The second-order valence-electron chi connectivity index (χ2n) is 2.40. The summed E-state index contributed by atoms with van der Waals surface area (Å²) in [4.78, 5) is 1.48. The van der Waals surface area contributed by atoms with Gasteiger partial charge in [-0.3, -0.25) is 4.90 Å². The maximum Gasteiger partial charge on any atom is 0.0990 e. The fourth-order valence-electron chi connectivity index (χ4n) is 0.961. The quantitative estimate of drug-likeness (QED) is 0.592. The van der Waals surface area contributed by atoms with Crippen LogP contribution in [0.1, 0.15) is 19.8 Å². The zero-order valence-corrected chi connectivity index (χ0v) is 6.88. The summed E-state index contributed by atoms with van der Waals surface area (Å²) >= 11 is 0. The molecule has 0 spiro atoms. The fourth-order valence-corrected chi connectivity index (χ4v) is 0.961. The third kappa shape index (κ3) is 4.35. The van der Waals surface area contributed by atoms with Gasteiger partial charge in [0, 0.05) is 0 Å². The molecule has 0 radical (unpaired) electrons. The van der Waals surface area contributed by atoms with Gasteiger partial charge >= 0.3 is 0 Å². The van der Waals surface area contributed by atoms with Gasteiger partial charge in [-0.15, -0.1) is 0 Å². The lowest BCUT2D eigenvalue weighted by molar-refractivity contribution is -0.787. The third-order valence-electron chi connectivity index (χ3n) is 1.55. The maximum atomic E-state index is 6.25. The molecule has 60 valence electrons. The minimum absolute atomic E-state index is 1.25. The summed E-state index contributed by atoms with van der Waals surface area (Å²) < 4.78 is 0. The summed E-state index contributed by atoms with van der Waals surface area (Å²) in [5, 5.41) is 6.25. The molecular weight excluding hydrogens is 136 g/mol. The predicted octanol–water partition coefficient (Wildman–Crippen LogP) is 0.809. The molecule has 0 unspecified atom stereocenters. The molecule has 1 heterocycles. The number of nitrogens with one attached hydrogen (secondary N) is 1. The van der Waals surface area contributed by atoms with Crippen LogP contribution in [0.4, 0.5) is 0 Å². The molecule has 2 nitrogen and oxygen atoms in total. The molecule has 0 aliphatic carbocycles. The number of unbranched alkanes of at least 4 members (excludes halogenated alkanes) is 1. The van der Waals surface area contributed by atoms with Crippen LogP contribution in [0.2, 0.25) is 0 Å². The lowest BCUT2D eigenvalue weighted by Crippen LogP contribution is -3.01. The van der Waals surface area contributed by atoms with Crippen molar-refractivity contribution in [3.63, 3.8) is 0 Å². The summed E-state index contributed by atoms with van der Waals surface area (Å²) in [6, 6.07) is 0. The summed E-state index contributed by atoms with van der Waals surface area (Å²) in [6.07, 6.45) is 11.2. The molecule has 0 aromatic heterocycles. The largest absolute Gasteiger partial charge is 0.512 e. The van der Waals surface area contributed by atoms with E-state index in [1.165, 1.54) is 24.3 Å². The van der Waals surface area contributed by atoms with Gasteiger partial charge < -0.3 is 11.8 Å². The molecule has 0 bridgehead atoms. The lowest BCUT2D eigenvalue weighted by Gasteiger charge is -2.03. The Morgan fingerprint density at radius 2 is 1.82 bits per heavy atom. The number of allylic oxidation sites excluding steroid dienone is 2. The first-order valence-electron chi connectivity index (χ1n) is 3.86. The first-order valence-corrected chi connectivity index (χ1v) is 3.86. The van der Waals surface area contributed by atoms with Crippen LogP contribution in [0.3, 0.4) is 0 Å². The van der Waals surface area contributed by atoms with E-state index in [0.29, 0.717) is 0 Å². The smallest absolute Gasteiger partial charge is 0.0990 e. The van der Waals surface area contributed by atoms with E-state index in [1.54, 1.807) is 0 Å². The average Bonchev–Trinajstić information content (AvgIpc) is 2.57. The van der Waals surface area contributed by atoms with Gasteiger partial charge in [-0.25, -0.2) is 0 Å². The van der Waals surface area contributed by atoms with Crippen molar-refractivity contribution in [2.45, 2.75) is 19.8 Å². The highest BCUT2D eigenvalue weighted by Gasteiger charge is 2.00. The van der Waals surface area contributed by atoms with Crippen molar-refractivity contribution in [2.24, 2.45) is 0 Å². The summed E-state index contributed by atoms with van der Waals surface area (Å²) in [6.45, 7) is 8.23. The third-order valence-corrected chi connectivity index (χ3v) is 1.55. The van der Waals surface area contributed by atoms with Gasteiger partial charge in [0.1, 0.15) is 0 Å². The molecule has 2 heteroatoms. The van der Waals surface area contributed by atoms with Gasteiger partial charge in [-0.05, 0) is 18.6 Å². The van der Waals surface area contributed by atoms with E-state index in [1.807, 2.05) is 0 Å². The Morgan fingerprint density at radius 3 is 2.27 bits per heavy atom. The topological polar surface area (TPSA) is 28.2 Å². The number of quaternary nitrogens is 1. The highest BCUT2D eigenvalue weighted by atomic mass is 15.1. The van der Waals surface area contributed by atoms with Crippen molar-refractivity contribution in [1.82, 2.24) is 0 Å². The van der Waals surface area contributed by atoms with Crippen LogP contribution in [-0.2, 0) is 0 Å². The van der Waals surface area contributed by atoms with E-state index >= 15 is 0 Å². The van der Waals surface area contributed by atoms with Crippen LogP contribution in [0.25, 0.3) is 0 Å². The molecule has 0 aromatic rings. The maximum absolute atomic E-state index is 6.25. The number of hydrogen-bond donors (Lipinski definition) is 1. The van der Waals surface area contributed by atoms with Crippen LogP contribution in [0.5, 0.6) is 0 Å². The van der Waals surface area contributed by atoms with Crippen LogP contribution in [0.15, 0.2) is 24.6 Å². The number of nitrogens with zero attached hydrogens (tertiary/aromatic N) is 1. The fraction of sp³-hybridized carbons (Fsp3) is 0.444. The summed E-state index contributed by atoms with van der Waals surface area (Å²) in [7, 11) is 0. The van der Waals surface area contributed by atoms with Gasteiger partial charge in [0.25, 0.3) is 0 Å². The molecule has 1 rings (SSSR count). The molecule has 0 saturated carbocycles. The number of hydrogen-bond acceptors (Lipinski definition) is 1. The van der Waals surface area contributed by atoms with Crippen molar-refractivity contribution in [1.29, 1.82) is 5.26 Å². The van der Waals surface area contributed by atoms with Crippen LogP contribution in [-0.4, -0.2) is 6.54 Å². The lowest BCUT2D eigenvalue weighted by atomic mass is 10.3. The van der Waals surface area contributed by atoms with Gasteiger partial charge in [0.15, 0.2) is 0 Å². The minimum atomic E-state index is 1.25. The molecule has 11 heavy (non-hydrogen) atoms. The molecule has 1 aliphatic heterocycles. The Hall–Kier alpha value is -1.07. The second-order valence-corrected chi connectivity index (χ2v) is 2.40. The van der Waals surface area contributed by atoms with E-state index in [9.17, 15) is 0 Å². The van der Waals surface area contributed by atoms with E-state index in [-0.39, 0.29) is 0 Å². The van der Waals surface area contributed by atoms with Gasteiger partial charge in [-0.1, -0.05) is 13.3 Å². The summed E-state index contributed by atoms with van der Waals surface area (Å²) in [5.74, 6) is 0. The van der Waals surface area contributed by atoms with Gasteiger partial charge in [-0.2, -0.15) is 0 Å². The zero-order chi connectivity index (χ0) is 8.53. The van der Waals surface area contributed by atoms with Crippen molar-refractivity contribution >= 4 is 0 Å². The molecule has 0 fully saturated rings. The molecular formula is C9H14N2. The molecule has 0 saturated heterocycles. The molecule has 1 aliphatic rings. The van der Waals surface area contributed by atoms with Crippen LogP contribution >= 0.6 is 0 Å². The number of rotatable bonds is 3. The van der Waals surface area contributed by atoms with Crippen LogP contribution < -0.4 is 4.90 Å².